The zero-order valence-corrected chi connectivity index (χ0v) is 11.3. The molecule has 1 nitrogen and oxygen atoms in total. The van der Waals surface area contributed by atoms with Gasteiger partial charge in [0.05, 0.1) is 0 Å². The summed E-state index contributed by atoms with van der Waals surface area (Å²) in [7, 11) is 4.11. The Morgan fingerprint density at radius 2 is 1.80 bits per heavy atom. The van der Waals surface area contributed by atoms with Gasteiger partial charge in [-0.1, -0.05) is 46.3 Å². The van der Waals surface area contributed by atoms with Crippen LogP contribution in [0.4, 0.5) is 0 Å². The lowest BCUT2D eigenvalue weighted by Gasteiger charge is -2.19. The molecule has 0 aromatic heterocycles. The molecule has 0 fully saturated rings. The Morgan fingerprint density at radius 1 is 1.33 bits per heavy atom. The molecule has 1 atom stereocenters. The van der Waals surface area contributed by atoms with Gasteiger partial charge in [-0.25, -0.2) is 0 Å². The molecule has 0 aliphatic carbocycles. The third-order valence-corrected chi connectivity index (χ3v) is 2.29. The molecular weight excluding hydrogens is 182 g/mol. The van der Waals surface area contributed by atoms with Crippen molar-refractivity contribution in [2.45, 2.75) is 46.5 Å². The van der Waals surface area contributed by atoms with Gasteiger partial charge in [0.1, 0.15) is 0 Å². The molecule has 0 saturated carbocycles. The van der Waals surface area contributed by atoms with Gasteiger partial charge in [0, 0.05) is 19.8 Å². The van der Waals surface area contributed by atoms with Crippen LogP contribution < -0.4 is 0 Å². The largest absolute Gasteiger partial charge is 0.381 e. The number of nitrogens with zero attached hydrogens (tertiary/aromatic N) is 1. The van der Waals surface area contributed by atoms with Gasteiger partial charge in [-0.3, -0.25) is 0 Å². The standard InChI is InChI=1S/C10H21N.C4H8/c1-6-7-9(2)8-10(3)11(4)5;1-3-4-2/h9H,3,6-8H2,1-2,4-5H3;3H,1,4H2,2H3. The maximum Gasteiger partial charge on any atom is 0.00579 e. The summed E-state index contributed by atoms with van der Waals surface area (Å²) in [6.07, 6.45) is 6.69. The molecule has 0 spiro atoms. The molecule has 0 N–H and O–H groups in total. The van der Waals surface area contributed by atoms with Crippen LogP contribution in [0.2, 0.25) is 0 Å². The van der Waals surface area contributed by atoms with Crippen LogP contribution in [0.5, 0.6) is 0 Å². The summed E-state index contributed by atoms with van der Waals surface area (Å²) in [5.41, 5.74) is 1.24. The molecule has 0 rings (SSSR count). The Morgan fingerprint density at radius 3 is 2.07 bits per heavy atom. The quantitative estimate of drug-likeness (QED) is 0.586. The summed E-state index contributed by atoms with van der Waals surface area (Å²) in [5, 5.41) is 0. The smallest absolute Gasteiger partial charge is 0.00579 e. The van der Waals surface area contributed by atoms with E-state index >= 15 is 0 Å². The molecule has 15 heavy (non-hydrogen) atoms. The van der Waals surface area contributed by atoms with Gasteiger partial charge in [0.2, 0.25) is 0 Å². The highest BCUT2D eigenvalue weighted by Crippen LogP contribution is 2.15. The minimum atomic E-state index is 0.787. The predicted octanol–water partition coefficient (Wildman–Crippen LogP) is 4.47. The highest BCUT2D eigenvalue weighted by atomic mass is 15.1. The third-order valence-electron chi connectivity index (χ3n) is 2.29. The van der Waals surface area contributed by atoms with Gasteiger partial charge in [-0.05, 0) is 18.8 Å². The minimum absolute atomic E-state index is 0.787. The fourth-order valence-corrected chi connectivity index (χ4v) is 1.18. The van der Waals surface area contributed by atoms with Gasteiger partial charge in [0.15, 0.2) is 0 Å². The first-order chi connectivity index (χ1) is 6.99. The van der Waals surface area contributed by atoms with E-state index in [-0.39, 0.29) is 0 Å². The second-order valence-electron chi connectivity index (χ2n) is 4.26. The lowest BCUT2D eigenvalue weighted by atomic mass is 10.0. The molecule has 0 aliphatic heterocycles. The Hall–Kier alpha value is -0.720. The molecule has 0 aromatic rings. The van der Waals surface area contributed by atoms with Crippen LogP contribution in [0.15, 0.2) is 24.9 Å². The van der Waals surface area contributed by atoms with Crippen molar-refractivity contribution in [3.63, 3.8) is 0 Å². The van der Waals surface area contributed by atoms with Crippen LogP contribution in [0, 0.1) is 5.92 Å². The molecule has 0 aliphatic rings. The monoisotopic (exact) mass is 211 g/mol. The van der Waals surface area contributed by atoms with E-state index in [0.29, 0.717) is 0 Å². The zero-order valence-electron chi connectivity index (χ0n) is 11.3. The number of hydrogen-bond acceptors (Lipinski definition) is 1. The first-order valence-electron chi connectivity index (χ1n) is 5.95. The van der Waals surface area contributed by atoms with E-state index in [1.54, 1.807) is 0 Å². The Bertz CT molecular complexity index is 159. The molecule has 1 unspecified atom stereocenters. The van der Waals surface area contributed by atoms with Crippen LogP contribution in [-0.2, 0) is 0 Å². The lowest BCUT2D eigenvalue weighted by molar-refractivity contribution is 0.425. The topological polar surface area (TPSA) is 3.24 Å². The van der Waals surface area contributed by atoms with Crippen LogP contribution in [-0.4, -0.2) is 19.0 Å². The van der Waals surface area contributed by atoms with Gasteiger partial charge in [-0.2, -0.15) is 0 Å². The minimum Gasteiger partial charge on any atom is -0.381 e. The molecule has 90 valence electrons. The molecule has 0 aromatic carbocycles. The molecule has 0 bridgehead atoms. The van der Waals surface area contributed by atoms with E-state index in [4.69, 9.17) is 0 Å². The summed E-state index contributed by atoms with van der Waals surface area (Å²) in [5.74, 6) is 0.787. The van der Waals surface area contributed by atoms with Crippen molar-refractivity contribution in [3.05, 3.63) is 24.9 Å². The molecule has 0 radical (unpaired) electrons. The van der Waals surface area contributed by atoms with Crippen LogP contribution >= 0.6 is 0 Å². The van der Waals surface area contributed by atoms with E-state index in [9.17, 15) is 0 Å². The summed E-state index contributed by atoms with van der Waals surface area (Å²) in [4.78, 5) is 2.10. The van der Waals surface area contributed by atoms with Crippen LogP contribution in [0.3, 0.4) is 0 Å². The SMILES string of the molecule is C=C(CC(C)CCC)N(C)C.C=CCC. The fraction of sp³-hybridized carbons (Fsp3) is 0.714. The van der Waals surface area contributed by atoms with Gasteiger partial charge in [-0.15, -0.1) is 6.58 Å². The van der Waals surface area contributed by atoms with Gasteiger partial charge in [0.25, 0.3) is 0 Å². The van der Waals surface area contributed by atoms with Crippen molar-refractivity contribution in [1.29, 1.82) is 0 Å². The van der Waals surface area contributed by atoms with E-state index in [0.717, 1.165) is 18.8 Å². The Balaban J connectivity index is 0. The maximum atomic E-state index is 4.00. The van der Waals surface area contributed by atoms with Crippen molar-refractivity contribution >= 4 is 0 Å². The molecule has 1 heteroatoms. The van der Waals surface area contributed by atoms with Crippen molar-refractivity contribution in [3.8, 4) is 0 Å². The van der Waals surface area contributed by atoms with E-state index in [1.165, 1.54) is 18.5 Å². The number of rotatable bonds is 6. The lowest BCUT2D eigenvalue weighted by Crippen LogP contribution is -2.12. The number of hydrogen-bond donors (Lipinski definition) is 0. The molecule has 0 heterocycles. The molecule has 0 saturated heterocycles. The number of allylic oxidation sites excluding steroid dienone is 2. The van der Waals surface area contributed by atoms with Crippen molar-refractivity contribution in [2.24, 2.45) is 5.92 Å². The van der Waals surface area contributed by atoms with E-state index in [1.807, 2.05) is 6.08 Å². The summed E-state index contributed by atoms with van der Waals surface area (Å²) in [6, 6.07) is 0. The Kier molecular flexibility index (Phi) is 12.6. The van der Waals surface area contributed by atoms with Crippen molar-refractivity contribution in [1.82, 2.24) is 4.90 Å². The third kappa shape index (κ3) is 13.3. The van der Waals surface area contributed by atoms with Gasteiger partial charge >= 0.3 is 0 Å². The highest BCUT2D eigenvalue weighted by molar-refractivity contribution is 4.91. The summed E-state index contributed by atoms with van der Waals surface area (Å²) in [6.45, 7) is 14.1. The van der Waals surface area contributed by atoms with E-state index in [2.05, 4.69) is 52.9 Å². The summed E-state index contributed by atoms with van der Waals surface area (Å²) >= 11 is 0. The normalized spacial score (nSPS) is 11.0. The van der Waals surface area contributed by atoms with Crippen LogP contribution in [0.1, 0.15) is 46.5 Å². The van der Waals surface area contributed by atoms with Crippen molar-refractivity contribution < 1.29 is 0 Å². The maximum absolute atomic E-state index is 4.00. The van der Waals surface area contributed by atoms with E-state index < -0.39 is 0 Å². The fourth-order valence-electron chi connectivity index (χ4n) is 1.18. The Labute approximate surface area is 96.9 Å². The average molecular weight is 211 g/mol. The summed E-state index contributed by atoms with van der Waals surface area (Å²) < 4.78 is 0. The average Bonchev–Trinajstić information content (AvgIpc) is 2.18. The second-order valence-corrected chi connectivity index (χ2v) is 4.26. The second kappa shape index (κ2) is 11.4. The first kappa shape index (κ1) is 16.7. The predicted molar refractivity (Wildman–Crippen MR) is 72.0 cm³/mol. The molecule has 0 amide bonds. The van der Waals surface area contributed by atoms with Crippen LogP contribution in [0.25, 0.3) is 0 Å². The molecular formula is C14H29N. The highest BCUT2D eigenvalue weighted by Gasteiger charge is 2.03. The van der Waals surface area contributed by atoms with Crippen molar-refractivity contribution in [2.75, 3.05) is 14.1 Å². The zero-order chi connectivity index (χ0) is 12.3. The first-order valence-corrected chi connectivity index (χ1v) is 5.95. The van der Waals surface area contributed by atoms with Gasteiger partial charge < -0.3 is 4.90 Å².